The van der Waals surface area contributed by atoms with E-state index in [1.54, 1.807) is 12.1 Å². The molecule has 11 heteroatoms. The Kier molecular flexibility index (Phi) is 8.47. The molecule has 0 spiro atoms. The summed E-state index contributed by atoms with van der Waals surface area (Å²) in [6, 6.07) is 4.36. The van der Waals surface area contributed by atoms with E-state index in [0.29, 0.717) is 17.0 Å². The van der Waals surface area contributed by atoms with Crippen LogP contribution in [0.25, 0.3) is 0 Å². The lowest BCUT2D eigenvalue weighted by Crippen LogP contribution is -2.54. The number of likely N-dealkylation sites (tertiary alicyclic amines) is 1. The Labute approximate surface area is 240 Å². The first-order valence-corrected chi connectivity index (χ1v) is 14.6. The van der Waals surface area contributed by atoms with E-state index in [2.05, 4.69) is 15.1 Å². The number of hydrogen-bond donors (Lipinski definition) is 1. The fourth-order valence-electron chi connectivity index (χ4n) is 6.21. The second-order valence-electron chi connectivity index (χ2n) is 12.5. The molecule has 11 nitrogen and oxygen atoms in total. The van der Waals surface area contributed by atoms with E-state index in [4.69, 9.17) is 9.47 Å². The van der Waals surface area contributed by atoms with Crippen molar-refractivity contribution in [3.8, 4) is 0 Å². The fourth-order valence-corrected chi connectivity index (χ4v) is 6.21. The minimum atomic E-state index is -0.958. The molecule has 1 aromatic rings. The van der Waals surface area contributed by atoms with Gasteiger partial charge >= 0.3 is 5.97 Å². The number of rotatable bonds is 7. The molecule has 0 bridgehead atoms. The van der Waals surface area contributed by atoms with Crippen LogP contribution in [0.2, 0.25) is 0 Å². The van der Waals surface area contributed by atoms with Crippen LogP contribution in [0.4, 0.5) is 5.69 Å². The molecule has 0 saturated carbocycles. The molecule has 0 aliphatic carbocycles. The van der Waals surface area contributed by atoms with E-state index in [-0.39, 0.29) is 37.4 Å². The second-order valence-corrected chi connectivity index (χ2v) is 12.5. The third-order valence-corrected chi connectivity index (χ3v) is 8.31. The number of esters is 1. The topological polar surface area (TPSA) is 126 Å². The minimum absolute atomic E-state index is 0.00218. The average molecular weight is 569 g/mol. The van der Waals surface area contributed by atoms with Gasteiger partial charge in [0.05, 0.1) is 17.2 Å². The molecule has 4 aliphatic heterocycles. The smallest absolute Gasteiger partial charge is 0.332 e. The van der Waals surface area contributed by atoms with Crippen LogP contribution in [0.5, 0.6) is 0 Å². The molecule has 5 rings (SSSR count). The van der Waals surface area contributed by atoms with E-state index in [0.717, 1.165) is 69.0 Å². The number of amides is 4. The highest BCUT2D eigenvalue weighted by Gasteiger charge is 2.44. The van der Waals surface area contributed by atoms with Crippen LogP contribution in [0.15, 0.2) is 18.2 Å². The molecular formula is C30H40N4O7. The second kappa shape index (κ2) is 11.9. The number of fused-ring (bicyclic) bond motifs is 1. The summed E-state index contributed by atoms with van der Waals surface area (Å²) in [6.45, 7) is 10.2. The quantitative estimate of drug-likeness (QED) is 0.389. The van der Waals surface area contributed by atoms with Gasteiger partial charge in [0, 0.05) is 44.8 Å². The molecule has 1 unspecified atom stereocenters. The molecular weight excluding hydrogens is 528 g/mol. The molecule has 4 amide bonds. The number of anilines is 1. The molecule has 222 valence electrons. The molecule has 41 heavy (non-hydrogen) atoms. The third-order valence-electron chi connectivity index (χ3n) is 8.31. The summed E-state index contributed by atoms with van der Waals surface area (Å²) in [7, 11) is 0. The van der Waals surface area contributed by atoms with Crippen LogP contribution in [-0.2, 0) is 23.9 Å². The highest BCUT2D eigenvalue weighted by atomic mass is 16.6. The predicted octanol–water partition coefficient (Wildman–Crippen LogP) is 2.13. The lowest BCUT2D eigenvalue weighted by molar-refractivity contribution is -0.163. The van der Waals surface area contributed by atoms with Crippen LogP contribution in [0.3, 0.4) is 0 Å². The summed E-state index contributed by atoms with van der Waals surface area (Å²) >= 11 is 0. The van der Waals surface area contributed by atoms with Gasteiger partial charge in [0.2, 0.25) is 11.8 Å². The van der Waals surface area contributed by atoms with Crippen molar-refractivity contribution in [3.05, 3.63) is 29.3 Å². The van der Waals surface area contributed by atoms with Crippen LogP contribution in [0, 0.1) is 5.92 Å². The molecule has 0 aromatic heterocycles. The first-order chi connectivity index (χ1) is 19.5. The molecule has 1 N–H and O–H groups in total. The maximum Gasteiger partial charge on any atom is 0.332 e. The van der Waals surface area contributed by atoms with Gasteiger partial charge in [0.25, 0.3) is 11.8 Å². The predicted molar refractivity (Wildman–Crippen MR) is 149 cm³/mol. The first-order valence-electron chi connectivity index (χ1n) is 14.6. The third kappa shape index (κ3) is 6.78. The van der Waals surface area contributed by atoms with Crippen molar-refractivity contribution in [2.24, 2.45) is 5.92 Å². The largest absolute Gasteiger partial charge is 0.458 e. The maximum atomic E-state index is 13.2. The number of carbonyl (C=O) groups is 5. The number of benzene rings is 1. The van der Waals surface area contributed by atoms with Gasteiger partial charge in [-0.1, -0.05) is 0 Å². The molecule has 4 heterocycles. The fraction of sp³-hybridized carbons (Fsp3) is 0.633. The number of nitrogens with zero attached hydrogens (tertiary/aromatic N) is 3. The van der Waals surface area contributed by atoms with Crippen LogP contribution < -0.4 is 10.2 Å². The van der Waals surface area contributed by atoms with Gasteiger partial charge in [-0.15, -0.1) is 0 Å². The Morgan fingerprint density at radius 2 is 1.61 bits per heavy atom. The summed E-state index contributed by atoms with van der Waals surface area (Å²) in [5, 5.41) is 2.23. The van der Waals surface area contributed by atoms with E-state index >= 15 is 0 Å². The van der Waals surface area contributed by atoms with E-state index in [1.807, 2.05) is 26.8 Å². The molecule has 1 atom stereocenters. The van der Waals surface area contributed by atoms with Gasteiger partial charge in [-0.2, -0.15) is 0 Å². The van der Waals surface area contributed by atoms with E-state index in [9.17, 15) is 24.0 Å². The Morgan fingerprint density at radius 3 is 2.27 bits per heavy atom. The standard InChI is InChI=1S/C30H40N4O7/c1-30(2,3)41-26(36)18-40-21-10-12-32(13-11-21)17-19-8-14-33(15-9-19)20-4-5-22-23(16-20)29(39)34(28(22)38)24-6-7-25(35)31-27(24)37/h4-5,16,19,21,24H,6-15,17-18H2,1-3H3,(H,31,35,37). The van der Waals surface area contributed by atoms with Gasteiger partial charge in [-0.3, -0.25) is 29.4 Å². The van der Waals surface area contributed by atoms with Crippen LogP contribution in [0.1, 0.15) is 80.0 Å². The van der Waals surface area contributed by atoms with E-state index < -0.39 is 29.4 Å². The minimum Gasteiger partial charge on any atom is -0.458 e. The molecule has 4 aliphatic rings. The van der Waals surface area contributed by atoms with Crippen molar-refractivity contribution in [1.82, 2.24) is 15.1 Å². The SMILES string of the molecule is CC(C)(C)OC(=O)COC1CCN(CC2CCN(c3ccc4c(c3)C(=O)N(C3CCC(=O)NC3=O)C4=O)CC2)CC1. The van der Waals surface area contributed by atoms with Crippen molar-refractivity contribution < 1.29 is 33.4 Å². The lowest BCUT2D eigenvalue weighted by Gasteiger charge is -2.38. The molecule has 1 aromatic carbocycles. The highest BCUT2D eigenvalue weighted by molar-refractivity contribution is 6.23. The zero-order valence-corrected chi connectivity index (χ0v) is 24.1. The molecule has 0 radical (unpaired) electrons. The zero-order valence-electron chi connectivity index (χ0n) is 24.1. The Hall–Kier alpha value is -3.31. The summed E-state index contributed by atoms with van der Waals surface area (Å²) in [4.78, 5) is 67.7. The first kappa shape index (κ1) is 29.2. The zero-order chi connectivity index (χ0) is 29.3. The molecule has 3 fully saturated rings. The van der Waals surface area contributed by atoms with Crippen molar-refractivity contribution in [2.75, 3.05) is 44.2 Å². The summed E-state index contributed by atoms with van der Waals surface area (Å²) in [5.74, 6) is -1.69. The van der Waals surface area contributed by atoms with Crippen molar-refractivity contribution in [1.29, 1.82) is 0 Å². The van der Waals surface area contributed by atoms with Crippen LogP contribution in [-0.4, -0.2) is 96.5 Å². The Bertz CT molecular complexity index is 1210. The highest BCUT2D eigenvalue weighted by Crippen LogP contribution is 2.32. The molecule has 3 saturated heterocycles. The Morgan fingerprint density at radius 1 is 0.927 bits per heavy atom. The van der Waals surface area contributed by atoms with Gasteiger partial charge in [0.15, 0.2) is 0 Å². The lowest BCUT2D eigenvalue weighted by atomic mass is 9.94. The van der Waals surface area contributed by atoms with Gasteiger partial charge in [-0.05, 0) is 77.0 Å². The summed E-state index contributed by atoms with van der Waals surface area (Å²) in [5.41, 5.74) is 1.01. The monoisotopic (exact) mass is 568 g/mol. The Balaban J connectivity index is 1.08. The average Bonchev–Trinajstić information content (AvgIpc) is 3.17. The van der Waals surface area contributed by atoms with Crippen molar-refractivity contribution in [2.45, 2.75) is 77.0 Å². The number of ether oxygens (including phenoxy) is 2. The summed E-state index contributed by atoms with van der Waals surface area (Å²) < 4.78 is 11.1. The van der Waals surface area contributed by atoms with Gasteiger partial charge in [0.1, 0.15) is 18.2 Å². The maximum absolute atomic E-state index is 13.2. The summed E-state index contributed by atoms with van der Waals surface area (Å²) in [6.07, 6.45) is 4.19. The van der Waals surface area contributed by atoms with E-state index in [1.165, 1.54) is 0 Å². The number of hydrogen-bond acceptors (Lipinski definition) is 9. The van der Waals surface area contributed by atoms with Crippen LogP contribution >= 0.6 is 0 Å². The van der Waals surface area contributed by atoms with Gasteiger partial charge < -0.3 is 19.3 Å². The number of imide groups is 2. The normalized spacial score (nSPS) is 23.1. The number of nitrogens with one attached hydrogen (secondary N) is 1. The van der Waals surface area contributed by atoms with Gasteiger partial charge in [-0.25, -0.2) is 4.79 Å². The van der Waals surface area contributed by atoms with Crippen molar-refractivity contribution in [3.63, 3.8) is 0 Å². The number of carbonyl (C=O) groups excluding carboxylic acids is 5. The number of piperidine rings is 3. The van der Waals surface area contributed by atoms with Crippen molar-refractivity contribution >= 4 is 35.3 Å².